The Labute approximate surface area is 78.0 Å². The van der Waals surface area contributed by atoms with Crippen LogP contribution in [0, 0.1) is 0 Å². The van der Waals surface area contributed by atoms with Crippen molar-refractivity contribution < 1.29 is 14.3 Å². The lowest BCUT2D eigenvalue weighted by molar-refractivity contribution is 0.0593. The first-order valence-corrected chi connectivity index (χ1v) is 4.53. The van der Waals surface area contributed by atoms with Crippen LogP contribution in [0.1, 0.15) is 32.6 Å². The zero-order valence-corrected chi connectivity index (χ0v) is 8.26. The molecule has 0 aliphatic rings. The number of rotatable bonds is 5. The molecule has 0 aliphatic heterocycles. The molecule has 0 aromatic carbocycles. The van der Waals surface area contributed by atoms with Gasteiger partial charge >= 0.3 is 6.16 Å². The summed E-state index contributed by atoms with van der Waals surface area (Å²) in [5.41, 5.74) is -0.552. The zero-order chi connectivity index (χ0) is 9.40. The van der Waals surface area contributed by atoms with Gasteiger partial charge in [-0.25, -0.2) is 4.79 Å². The number of halogens is 1. The van der Waals surface area contributed by atoms with E-state index in [1.807, 2.05) is 0 Å². The molecule has 0 bridgehead atoms. The molecule has 0 saturated carbocycles. The van der Waals surface area contributed by atoms with Crippen molar-refractivity contribution in [3.8, 4) is 0 Å². The fourth-order valence-electron chi connectivity index (χ4n) is 0.766. The van der Waals surface area contributed by atoms with Crippen molar-refractivity contribution >= 4 is 17.8 Å². The fourth-order valence-corrected chi connectivity index (χ4v) is 0.993. The predicted octanol–water partition coefficient (Wildman–Crippen LogP) is 2.91. The molecule has 0 saturated heterocycles. The highest BCUT2D eigenvalue weighted by Gasteiger charge is 2.09. The summed E-state index contributed by atoms with van der Waals surface area (Å²) in [5.74, 6) is 0. The molecule has 4 heteroatoms. The highest BCUT2D eigenvalue weighted by atomic mass is 35.5. The normalized spacial score (nSPS) is 12.2. The molecule has 0 amide bonds. The van der Waals surface area contributed by atoms with Gasteiger partial charge < -0.3 is 9.47 Å². The van der Waals surface area contributed by atoms with Crippen molar-refractivity contribution in [2.24, 2.45) is 0 Å². The molecule has 0 heterocycles. The average molecular weight is 195 g/mol. The van der Waals surface area contributed by atoms with Gasteiger partial charge in [-0.3, -0.25) is 0 Å². The summed E-state index contributed by atoms with van der Waals surface area (Å²) in [5, 5.41) is 0. The molecule has 1 unspecified atom stereocenters. The lowest BCUT2D eigenvalue weighted by Crippen LogP contribution is -2.12. The SMILES string of the molecule is CCCCCC(Cl)OC(=O)OC. The molecule has 1 atom stereocenters. The molecule has 0 N–H and O–H groups in total. The van der Waals surface area contributed by atoms with Crippen LogP contribution in [-0.2, 0) is 9.47 Å². The highest BCUT2D eigenvalue weighted by molar-refractivity contribution is 6.20. The van der Waals surface area contributed by atoms with Gasteiger partial charge in [-0.15, -0.1) is 0 Å². The Morgan fingerprint density at radius 1 is 1.50 bits per heavy atom. The van der Waals surface area contributed by atoms with E-state index in [1.54, 1.807) is 0 Å². The highest BCUT2D eigenvalue weighted by Crippen LogP contribution is 2.10. The molecule has 0 spiro atoms. The van der Waals surface area contributed by atoms with E-state index in [0.717, 1.165) is 19.3 Å². The zero-order valence-electron chi connectivity index (χ0n) is 7.51. The molecule has 0 fully saturated rings. The summed E-state index contributed by atoms with van der Waals surface area (Å²) in [7, 11) is 1.26. The lowest BCUT2D eigenvalue weighted by Gasteiger charge is -2.08. The third-order valence-electron chi connectivity index (χ3n) is 1.43. The minimum absolute atomic E-state index is 0.552. The third kappa shape index (κ3) is 6.28. The largest absolute Gasteiger partial charge is 0.509 e. The van der Waals surface area contributed by atoms with Gasteiger partial charge in [0.1, 0.15) is 0 Å². The van der Waals surface area contributed by atoms with E-state index in [9.17, 15) is 4.79 Å². The Kier molecular flexibility index (Phi) is 6.96. The second-order valence-corrected chi connectivity index (χ2v) is 2.96. The molecular weight excluding hydrogens is 180 g/mol. The Morgan fingerprint density at radius 2 is 2.17 bits per heavy atom. The van der Waals surface area contributed by atoms with E-state index in [0.29, 0.717) is 6.42 Å². The maximum Gasteiger partial charge on any atom is 0.509 e. The molecule has 0 aromatic rings. The molecule has 0 aromatic heterocycles. The number of ether oxygens (including phenoxy) is 2. The van der Waals surface area contributed by atoms with Crippen LogP contribution in [0.4, 0.5) is 4.79 Å². The topological polar surface area (TPSA) is 35.5 Å². The summed E-state index contributed by atoms with van der Waals surface area (Å²) in [6.07, 6.45) is 3.17. The molecule has 3 nitrogen and oxygen atoms in total. The van der Waals surface area contributed by atoms with Gasteiger partial charge in [0.05, 0.1) is 7.11 Å². The summed E-state index contributed by atoms with van der Waals surface area (Å²) >= 11 is 5.67. The summed E-state index contributed by atoms with van der Waals surface area (Å²) in [4.78, 5) is 10.5. The van der Waals surface area contributed by atoms with E-state index in [2.05, 4.69) is 16.4 Å². The van der Waals surface area contributed by atoms with Crippen molar-refractivity contribution in [1.29, 1.82) is 0 Å². The van der Waals surface area contributed by atoms with E-state index >= 15 is 0 Å². The average Bonchev–Trinajstić information content (AvgIpc) is 2.05. The molecule has 0 rings (SSSR count). The minimum atomic E-state index is -0.716. The summed E-state index contributed by atoms with van der Waals surface area (Å²) in [6.45, 7) is 2.10. The van der Waals surface area contributed by atoms with Crippen LogP contribution in [0.25, 0.3) is 0 Å². The fraction of sp³-hybridized carbons (Fsp3) is 0.875. The van der Waals surface area contributed by atoms with Crippen LogP contribution in [-0.4, -0.2) is 18.8 Å². The van der Waals surface area contributed by atoms with Crippen molar-refractivity contribution in [3.05, 3.63) is 0 Å². The smallest absolute Gasteiger partial charge is 0.438 e. The molecule has 0 radical (unpaired) electrons. The molecule has 72 valence electrons. The predicted molar refractivity (Wildman–Crippen MR) is 47.3 cm³/mol. The van der Waals surface area contributed by atoms with E-state index in [1.165, 1.54) is 7.11 Å². The van der Waals surface area contributed by atoms with Gasteiger partial charge in [0, 0.05) is 0 Å². The number of carbonyl (C=O) groups is 1. The first-order valence-electron chi connectivity index (χ1n) is 4.09. The first-order chi connectivity index (χ1) is 5.70. The number of methoxy groups -OCH3 is 1. The standard InChI is InChI=1S/C8H15ClO3/c1-3-4-5-6-7(9)12-8(10)11-2/h7H,3-6H2,1-2H3. The van der Waals surface area contributed by atoms with Crippen LogP contribution in [0.5, 0.6) is 0 Å². The van der Waals surface area contributed by atoms with Gasteiger partial charge in [0.25, 0.3) is 0 Å². The van der Waals surface area contributed by atoms with Crippen LogP contribution in [0.3, 0.4) is 0 Å². The molecular formula is C8H15ClO3. The van der Waals surface area contributed by atoms with Crippen LogP contribution in [0.2, 0.25) is 0 Å². The molecule has 12 heavy (non-hydrogen) atoms. The van der Waals surface area contributed by atoms with Gasteiger partial charge in [-0.05, 0) is 12.8 Å². The Morgan fingerprint density at radius 3 is 2.67 bits per heavy atom. The van der Waals surface area contributed by atoms with Crippen LogP contribution >= 0.6 is 11.6 Å². The van der Waals surface area contributed by atoms with E-state index in [4.69, 9.17) is 11.6 Å². The number of hydrogen-bond donors (Lipinski definition) is 0. The van der Waals surface area contributed by atoms with Crippen molar-refractivity contribution in [2.45, 2.75) is 38.2 Å². The maximum absolute atomic E-state index is 10.5. The van der Waals surface area contributed by atoms with Crippen molar-refractivity contribution in [3.63, 3.8) is 0 Å². The first kappa shape index (κ1) is 11.6. The third-order valence-corrected chi connectivity index (χ3v) is 1.73. The number of alkyl halides is 1. The summed E-state index contributed by atoms with van der Waals surface area (Å²) in [6, 6.07) is 0. The van der Waals surface area contributed by atoms with Gasteiger partial charge in [0.15, 0.2) is 5.56 Å². The Balaban J connectivity index is 3.32. The number of carbonyl (C=O) groups excluding carboxylic acids is 1. The van der Waals surface area contributed by atoms with Crippen LogP contribution in [0.15, 0.2) is 0 Å². The number of hydrogen-bond acceptors (Lipinski definition) is 3. The Hall–Kier alpha value is -0.440. The monoisotopic (exact) mass is 194 g/mol. The summed E-state index contributed by atoms with van der Waals surface area (Å²) < 4.78 is 8.93. The second kappa shape index (κ2) is 7.22. The van der Waals surface area contributed by atoms with Crippen LogP contribution < -0.4 is 0 Å². The van der Waals surface area contributed by atoms with Crippen molar-refractivity contribution in [2.75, 3.05) is 7.11 Å². The lowest BCUT2D eigenvalue weighted by atomic mass is 10.2. The van der Waals surface area contributed by atoms with Gasteiger partial charge in [0.2, 0.25) is 0 Å². The van der Waals surface area contributed by atoms with Gasteiger partial charge in [-0.1, -0.05) is 31.4 Å². The number of unbranched alkanes of at least 4 members (excludes halogenated alkanes) is 2. The second-order valence-electron chi connectivity index (χ2n) is 2.48. The van der Waals surface area contributed by atoms with Gasteiger partial charge in [-0.2, -0.15) is 0 Å². The van der Waals surface area contributed by atoms with Crippen molar-refractivity contribution in [1.82, 2.24) is 0 Å². The Bertz CT molecular complexity index is 127. The quantitative estimate of drug-likeness (QED) is 0.384. The van der Waals surface area contributed by atoms with E-state index in [-0.39, 0.29) is 0 Å². The minimum Gasteiger partial charge on any atom is -0.438 e. The molecule has 0 aliphatic carbocycles. The van der Waals surface area contributed by atoms with E-state index < -0.39 is 11.7 Å². The maximum atomic E-state index is 10.5.